The van der Waals surface area contributed by atoms with Gasteiger partial charge in [0.25, 0.3) is 0 Å². The van der Waals surface area contributed by atoms with Gasteiger partial charge in [0.1, 0.15) is 0 Å². The number of likely N-dealkylation sites (tertiary alicyclic amines) is 1. The van der Waals surface area contributed by atoms with Crippen LogP contribution in [0.15, 0.2) is 0 Å². The Morgan fingerprint density at radius 3 is 2.55 bits per heavy atom. The summed E-state index contributed by atoms with van der Waals surface area (Å²) in [6, 6.07) is 0. The molecular weight excluding hydrogens is 280 g/mol. The molecule has 1 heterocycles. The Kier molecular flexibility index (Phi) is 6.68. The normalized spacial score (nSPS) is 30.0. The van der Waals surface area contributed by atoms with Crippen molar-refractivity contribution in [3.05, 3.63) is 0 Å². The number of hydrogen-bond donors (Lipinski definition) is 2. The highest BCUT2D eigenvalue weighted by molar-refractivity contribution is 5.76. The number of carbonyl (C=O) groups is 2. The number of aliphatic carboxylic acids is 1. The van der Waals surface area contributed by atoms with Crippen LogP contribution in [0.1, 0.15) is 51.9 Å². The van der Waals surface area contributed by atoms with Crippen LogP contribution >= 0.6 is 0 Å². The fraction of sp³-hybridized carbons (Fsp3) is 0.882. The van der Waals surface area contributed by atoms with Crippen LogP contribution in [-0.2, 0) is 9.59 Å². The summed E-state index contributed by atoms with van der Waals surface area (Å²) in [4.78, 5) is 25.3. The van der Waals surface area contributed by atoms with E-state index in [0.29, 0.717) is 18.9 Å². The zero-order valence-corrected chi connectivity index (χ0v) is 13.7. The molecule has 0 aromatic heterocycles. The molecule has 2 aliphatic rings. The summed E-state index contributed by atoms with van der Waals surface area (Å²) in [5, 5.41) is 12.0. The summed E-state index contributed by atoms with van der Waals surface area (Å²) in [5.41, 5.74) is 0. The molecule has 5 nitrogen and oxygen atoms in total. The summed E-state index contributed by atoms with van der Waals surface area (Å²) in [5.74, 6) is 0.501. The molecule has 22 heavy (non-hydrogen) atoms. The topological polar surface area (TPSA) is 69.6 Å². The average Bonchev–Trinajstić information content (AvgIpc) is 2.51. The number of carboxylic acids is 1. The molecule has 0 aromatic carbocycles. The quantitative estimate of drug-likeness (QED) is 0.788. The van der Waals surface area contributed by atoms with E-state index in [1.165, 1.54) is 12.8 Å². The summed E-state index contributed by atoms with van der Waals surface area (Å²) < 4.78 is 0. The van der Waals surface area contributed by atoms with Crippen LogP contribution in [0.2, 0.25) is 0 Å². The molecule has 1 amide bonds. The fourth-order valence-electron chi connectivity index (χ4n) is 3.71. The van der Waals surface area contributed by atoms with Gasteiger partial charge in [-0.05, 0) is 56.9 Å². The van der Waals surface area contributed by atoms with Crippen molar-refractivity contribution in [3.63, 3.8) is 0 Å². The van der Waals surface area contributed by atoms with Crippen LogP contribution in [0, 0.1) is 17.8 Å². The van der Waals surface area contributed by atoms with E-state index in [2.05, 4.69) is 17.1 Å². The second-order valence-electron chi connectivity index (χ2n) is 7.16. The van der Waals surface area contributed by atoms with Gasteiger partial charge in [0, 0.05) is 26.1 Å². The van der Waals surface area contributed by atoms with Crippen molar-refractivity contribution in [1.82, 2.24) is 10.2 Å². The Balaban J connectivity index is 1.57. The monoisotopic (exact) mass is 310 g/mol. The maximum absolute atomic E-state index is 12.0. The predicted molar refractivity (Wildman–Crippen MR) is 85.5 cm³/mol. The van der Waals surface area contributed by atoms with Gasteiger partial charge in [0.2, 0.25) is 5.91 Å². The molecular formula is C17H30N2O3. The summed E-state index contributed by atoms with van der Waals surface area (Å²) in [6.07, 6.45) is 6.47. The lowest BCUT2D eigenvalue weighted by atomic mass is 9.82. The molecule has 5 heteroatoms. The van der Waals surface area contributed by atoms with Gasteiger partial charge >= 0.3 is 5.97 Å². The first-order chi connectivity index (χ1) is 10.5. The van der Waals surface area contributed by atoms with Crippen LogP contribution in [0.4, 0.5) is 0 Å². The van der Waals surface area contributed by atoms with E-state index in [-0.39, 0.29) is 11.8 Å². The highest BCUT2D eigenvalue weighted by Crippen LogP contribution is 2.28. The molecule has 126 valence electrons. The van der Waals surface area contributed by atoms with E-state index < -0.39 is 5.97 Å². The Hall–Kier alpha value is -1.10. The highest BCUT2D eigenvalue weighted by atomic mass is 16.4. The van der Waals surface area contributed by atoms with Gasteiger partial charge in [0.15, 0.2) is 0 Å². The summed E-state index contributed by atoms with van der Waals surface area (Å²) in [7, 11) is 0. The van der Waals surface area contributed by atoms with Crippen LogP contribution in [-0.4, -0.2) is 48.1 Å². The molecule has 2 rings (SSSR count). The van der Waals surface area contributed by atoms with Gasteiger partial charge in [-0.3, -0.25) is 9.59 Å². The van der Waals surface area contributed by atoms with Crippen molar-refractivity contribution in [2.24, 2.45) is 17.8 Å². The molecule has 1 aliphatic heterocycles. The average molecular weight is 310 g/mol. The van der Waals surface area contributed by atoms with Crippen molar-refractivity contribution < 1.29 is 14.7 Å². The predicted octanol–water partition coefficient (Wildman–Crippen LogP) is 2.12. The SMILES string of the molecule is CC1CCCN(CCC(=O)NCC2CCC(C(=O)O)CC2)C1. The highest BCUT2D eigenvalue weighted by Gasteiger charge is 2.26. The van der Waals surface area contributed by atoms with Crippen molar-refractivity contribution >= 4 is 11.9 Å². The minimum absolute atomic E-state index is 0.138. The Labute approximate surface area is 133 Å². The summed E-state index contributed by atoms with van der Waals surface area (Å²) in [6.45, 7) is 6.09. The molecule has 2 fully saturated rings. The first kappa shape index (κ1) is 17.3. The number of piperidine rings is 1. The first-order valence-corrected chi connectivity index (χ1v) is 8.76. The van der Waals surface area contributed by atoms with Crippen LogP contribution in [0.5, 0.6) is 0 Å². The van der Waals surface area contributed by atoms with Crippen molar-refractivity contribution in [2.75, 3.05) is 26.2 Å². The number of rotatable bonds is 6. The van der Waals surface area contributed by atoms with E-state index in [1.54, 1.807) is 0 Å². The minimum atomic E-state index is -0.668. The number of amides is 1. The van der Waals surface area contributed by atoms with Gasteiger partial charge < -0.3 is 15.3 Å². The number of carboxylic acid groups (broad SMARTS) is 1. The molecule has 0 spiro atoms. The summed E-state index contributed by atoms with van der Waals surface area (Å²) >= 11 is 0. The largest absolute Gasteiger partial charge is 0.481 e. The Morgan fingerprint density at radius 1 is 1.18 bits per heavy atom. The van der Waals surface area contributed by atoms with E-state index >= 15 is 0 Å². The second kappa shape index (κ2) is 8.51. The molecule has 0 aromatic rings. The third-order valence-electron chi connectivity index (χ3n) is 5.18. The third-order valence-corrected chi connectivity index (χ3v) is 5.18. The zero-order valence-electron chi connectivity index (χ0n) is 13.7. The van der Waals surface area contributed by atoms with E-state index in [9.17, 15) is 9.59 Å². The lowest BCUT2D eigenvalue weighted by molar-refractivity contribution is -0.143. The molecule has 1 aliphatic carbocycles. The molecule has 0 bridgehead atoms. The maximum Gasteiger partial charge on any atom is 0.306 e. The van der Waals surface area contributed by atoms with Crippen LogP contribution in [0.3, 0.4) is 0 Å². The molecule has 2 N–H and O–H groups in total. The zero-order chi connectivity index (χ0) is 15.9. The van der Waals surface area contributed by atoms with Crippen molar-refractivity contribution in [3.8, 4) is 0 Å². The van der Waals surface area contributed by atoms with Gasteiger partial charge in [-0.15, -0.1) is 0 Å². The lowest BCUT2D eigenvalue weighted by Crippen LogP contribution is -2.38. The third kappa shape index (κ3) is 5.59. The van der Waals surface area contributed by atoms with Gasteiger partial charge in [-0.25, -0.2) is 0 Å². The van der Waals surface area contributed by atoms with Gasteiger partial charge in [-0.2, -0.15) is 0 Å². The van der Waals surface area contributed by atoms with Crippen LogP contribution < -0.4 is 5.32 Å². The molecule has 1 atom stereocenters. The Bertz CT molecular complexity index is 378. The maximum atomic E-state index is 12.0. The fourth-order valence-corrected chi connectivity index (χ4v) is 3.71. The number of nitrogens with one attached hydrogen (secondary N) is 1. The first-order valence-electron chi connectivity index (χ1n) is 8.76. The molecule has 1 saturated carbocycles. The van der Waals surface area contributed by atoms with E-state index in [4.69, 9.17) is 5.11 Å². The van der Waals surface area contributed by atoms with Crippen molar-refractivity contribution in [2.45, 2.75) is 51.9 Å². The Morgan fingerprint density at radius 2 is 1.91 bits per heavy atom. The van der Waals surface area contributed by atoms with Crippen molar-refractivity contribution in [1.29, 1.82) is 0 Å². The van der Waals surface area contributed by atoms with Crippen LogP contribution in [0.25, 0.3) is 0 Å². The number of carbonyl (C=O) groups excluding carboxylic acids is 1. The molecule has 0 radical (unpaired) electrons. The van der Waals surface area contributed by atoms with Gasteiger partial charge in [-0.1, -0.05) is 6.92 Å². The molecule has 1 unspecified atom stereocenters. The second-order valence-corrected chi connectivity index (χ2v) is 7.16. The van der Waals surface area contributed by atoms with E-state index in [1.807, 2.05) is 0 Å². The lowest BCUT2D eigenvalue weighted by Gasteiger charge is -2.30. The number of hydrogen-bond acceptors (Lipinski definition) is 3. The number of nitrogens with zero attached hydrogens (tertiary/aromatic N) is 1. The van der Waals surface area contributed by atoms with Gasteiger partial charge in [0.05, 0.1) is 5.92 Å². The van der Waals surface area contributed by atoms with E-state index in [0.717, 1.165) is 51.2 Å². The minimum Gasteiger partial charge on any atom is -0.481 e. The smallest absolute Gasteiger partial charge is 0.306 e. The standard InChI is InChI=1S/C17H30N2O3/c1-13-3-2-9-19(12-13)10-8-16(20)18-11-14-4-6-15(7-5-14)17(21)22/h13-15H,2-12H2,1H3,(H,18,20)(H,21,22). The molecule has 1 saturated heterocycles.